The molecule has 0 spiro atoms. The van der Waals surface area contributed by atoms with Crippen LogP contribution in [0.15, 0.2) is 0 Å². The Bertz CT molecular complexity index is 1600. The summed E-state index contributed by atoms with van der Waals surface area (Å²) in [4.78, 5) is 149. The number of nitrogens with one attached hydrogen (secondary N) is 3. The molecule has 1 rings (SSSR count). The minimum absolute atomic E-state index is 0.0397. The number of nitrogens with zero attached hydrogens (tertiary/aromatic N) is 3. The molecule has 0 bridgehead atoms. The smallest absolute Gasteiger partial charge is 0.328 e. The number of carbonyl (C=O) groups excluding carboxylic acids is 9. The lowest BCUT2D eigenvalue weighted by Gasteiger charge is -2.23. The number of ether oxygens (including phenoxy) is 3. The second kappa shape index (κ2) is 32.3. The Kier molecular flexibility index (Phi) is 28.3. The van der Waals surface area contributed by atoms with Crippen LogP contribution in [-0.4, -0.2) is 173 Å². The third-order valence-electron chi connectivity index (χ3n) is 10.1. The summed E-state index contributed by atoms with van der Waals surface area (Å²) in [5.74, 6) is -12.0. The summed E-state index contributed by atoms with van der Waals surface area (Å²) >= 11 is 0. The number of cyclic esters (lactones) is 3. The van der Waals surface area contributed by atoms with Crippen molar-refractivity contribution in [1.29, 1.82) is 0 Å². The monoisotopic (exact) mass is 990 g/mol. The molecule has 1 fully saturated rings. The van der Waals surface area contributed by atoms with Gasteiger partial charge in [0, 0.05) is 38.9 Å². The van der Waals surface area contributed by atoms with Gasteiger partial charge in [0.05, 0.1) is 38.5 Å². The minimum atomic E-state index is -1.37. The zero-order valence-electron chi connectivity index (χ0n) is 39.0. The molecule has 1 unspecified atom stereocenters. The molecule has 0 radical (unpaired) electrons. The van der Waals surface area contributed by atoms with Gasteiger partial charge in [0.15, 0.2) is 0 Å². The first kappa shape index (κ1) is 60.5. The maximum absolute atomic E-state index is 13.2. The Hall–Kier alpha value is -6.48. The lowest BCUT2D eigenvalue weighted by molar-refractivity contribution is -0.171. The highest BCUT2D eigenvalue weighted by Gasteiger charge is 2.30. The average Bonchev–Trinajstić information content (AvgIpc) is 3.26. The fourth-order valence-electron chi connectivity index (χ4n) is 6.43. The molecule has 0 aromatic rings. The van der Waals surface area contributed by atoms with E-state index in [0.717, 1.165) is 0 Å². The summed E-state index contributed by atoms with van der Waals surface area (Å²) in [6, 6.07) is -4.12. The Balaban J connectivity index is 3.33. The van der Waals surface area contributed by atoms with Crippen molar-refractivity contribution in [3.05, 3.63) is 0 Å². The van der Waals surface area contributed by atoms with Gasteiger partial charge in [0.1, 0.15) is 36.4 Å². The Labute approximate surface area is 397 Å². The number of aliphatic carboxylic acids is 3. The summed E-state index contributed by atoms with van der Waals surface area (Å²) in [6.07, 6.45) is -8.39. The van der Waals surface area contributed by atoms with E-state index in [9.17, 15) is 73.2 Å². The van der Waals surface area contributed by atoms with Crippen molar-refractivity contribution in [2.24, 2.45) is 0 Å². The lowest BCUT2D eigenvalue weighted by Crippen LogP contribution is -2.43. The Morgan fingerprint density at radius 1 is 0.435 bits per heavy atom. The van der Waals surface area contributed by atoms with E-state index in [1.54, 1.807) is 0 Å². The van der Waals surface area contributed by atoms with Gasteiger partial charge in [-0.2, -0.15) is 0 Å². The molecule has 0 aromatic heterocycles. The van der Waals surface area contributed by atoms with Gasteiger partial charge < -0.3 is 45.5 Å². The van der Waals surface area contributed by atoms with E-state index >= 15 is 0 Å². The second-order valence-corrected chi connectivity index (χ2v) is 16.4. The SMILES string of the molecule is C[C@@H]1CC(=O)N(O)CCCC[C@@H](NC(=O)CCC(=O)O)C(=O)O[C@H](C)CC(=O)N(O)CCCC[C@@H](NC(=O)CCC(=O)O)C(=O)O[C@H](C)CC(=O)N(O)CCCCC(NC(=O)CCC(=O)O)C(=O)O1. The van der Waals surface area contributed by atoms with Crippen molar-refractivity contribution in [2.45, 2.75) is 173 Å². The molecular formula is C42H66N6O21. The Morgan fingerprint density at radius 3 is 0.884 bits per heavy atom. The van der Waals surface area contributed by atoms with Crippen molar-refractivity contribution in [3.63, 3.8) is 0 Å². The molecule has 390 valence electrons. The molecule has 0 aromatic carbocycles. The first-order chi connectivity index (χ1) is 32.4. The van der Waals surface area contributed by atoms with Crippen LogP contribution in [0.2, 0.25) is 0 Å². The van der Waals surface area contributed by atoms with Crippen LogP contribution in [0, 0.1) is 0 Å². The first-order valence-electron chi connectivity index (χ1n) is 22.5. The van der Waals surface area contributed by atoms with Crippen LogP contribution >= 0.6 is 0 Å². The van der Waals surface area contributed by atoms with E-state index in [-0.39, 0.29) is 77.4 Å². The van der Waals surface area contributed by atoms with Crippen molar-refractivity contribution in [1.82, 2.24) is 31.1 Å². The predicted molar refractivity (Wildman–Crippen MR) is 229 cm³/mol. The fraction of sp³-hybridized carbons (Fsp3) is 0.714. The number of rotatable bonds is 12. The number of amides is 6. The lowest BCUT2D eigenvalue weighted by atomic mass is 10.1. The molecule has 0 aliphatic carbocycles. The number of carbonyl (C=O) groups is 12. The van der Waals surface area contributed by atoms with Crippen LogP contribution in [0.1, 0.15) is 136 Å². The number of hydrogen-bond acceptors (Lipinski definition) is 18. The second-order valence-electron chi connectivity index (χ2n) is 16.4. The van der Waals surface area contributed by atoms with Gasteiger partial charge in [-0.3, -0.25) is 58.8 Å². The van der Waals surface area contributed by atoms with Gasteiger partial charge in [0.25, 0.3) is 0 Å². The van der Waals surface area contributed by atoms with Gasteiger partial charge in [-0.1, -0.05) is 0 Å². The molecule has 1 aliphatic rings. The molecule has 0 saturated carbocycles. The number of esters is 3. The fourth-order valence-corrected chi connectivity index (χ4v) is 6.43. The zero-order valence-corrected chi connectivity index (χ0v) is 39.0. The summed E-state index contributed by atoms with van der Waals surface area (Å²) in [5.41, 5.74) is 0. The molecular weight excluding hydrogens is 924 g/mol. The van der Waals surface area contributed by atoms with E-state index in [0.29, 0.717) is 15.2 Å². The summed E-state index contributed by atoms with van der Waals surface area (Å²) in [6.45, 7) is 3.06. The van der Waals surface area contributed by atoms with Gasteiger partial charge in [-0.05, 0) is 78.6 Å². The molecule has 1 heterocycles. The van der Waals surface area contributed by atoms with E-state index in [2.05, 4.69) is 16.0 Å². The van der Waals surface area contributed by atoms with Crippen LogP contribution in [0.5, 0.6) is 0 Å². The van der Waals surface area contributed by atoms with Crippen molar-refractivity contribution >= 4 is 71.3 Å². The van der Waals surface area contributed by atoms with Gasteiger partial charge in [0.2, 0.25) is 35.4 Å². The summed E-state index contributed by atoms with van der Waals surface area (Å²) in [7, 11) is 0. The Morgan fingerprint density at radius 2 is 0.667 bits per heavy atom. The maximum Gasteiger partial charge on any atom is 0.328 e. The quantitative estimate of drug-likeness (QED) is 0.0715. The highest BCUT2D eigenvalue weighted by Crippen LogP contribution is 2.14. The van der Waals surface area contributed by atoms with Crippen molar-refractivity contribution in [3.8, 4) is 0 Å². The molecule has 27 heteroatoms. The zero-order chi connectivity index (χ0) is 52.2. The van der Waals surface area contributed by atoms with E-state index in [1.807, 2.05) is 0 Å². The molecule has 27 nitrogen and oxygen atoms in total. The molecule has 1 aliphatic heterocycles. The van der Waals surface area contributed by atoms with Crippen LogP contribution in [0.3, 0.4) is 0 Å². The maximum atomic E-state index is 13.2. The van der Waals surface area contributed by atoms with Crippen molar-refractivity contribution < 1.29 is 103 Å². The third-order valence-corrected chi connectivity index (χ3v) is 10.1. The van der Waals surface area contributed by atoms with Gasteiger partial charge in [-0.15, -0.1) is 0 Å². The number of carboxylic acid groups (broad SMARTS) is 3. The average molecular weight is 991 g/mol. The largest absolute Gasteiger partial charge is 0.481 e. The molecule has 1 saturated heterocycles. The molecule has 6 amide bonds. The van der Waals surface area contributed by atoms with Crippen LogP contribution in [0.4, 0.5) is 0 Å². The van der Waals surface area contributed by atoms with Crippen LogP contribution in [0.25, 0.3) is 0 Å². The normalized spacial score (nSPS) is 23.7. The van der Waals surface area contributed by atoms with Crippen LogP contribution < -0.4 is 16.0 Å². The van der Waals surface area contributed by atoms with E-state index in [4.69, 9.17) is 29.5 Å². The molecule has 6 atom stereocenters. The predicted octanol–water partition coefficient (Wildman–Crippen LogP) is 0.179. The number of carboxylic acids is 3. The summed E-state index contributed by atoms with van der Waals surface area (Å²) < 4.78 is 16.1. The molecule has 9 N–H and O–H groups in total. The van der Waals surface area contributed by atoms with Gasteiger partial charge in [-0.25, -0.2) is 29.6 Å². The van der Waals surface area contributed by atoms with E-state index in [1.165, 1.54) is 20.8 Å². The van der Waals surface area contributed by atoms with Gasteiger partial charge >= 0.3 is 35.8 Å². The molecule has 69 heavy (non-hydrogen) atoms. The first-order valence-corrected chi connectivity index (χ1v) is 22.5. The highest BCUT2D eigenvalue weighted by atomic mass is 16.6. The van der Waals surface area contributed by atoms with E-state index < -0.39 is 165 Å². The van der Waals surface area contributed by atoms with Crippen molar-refractivity contribution in [2.75, 3.05) is 19.6 Å². The standard InChI is InChI=1S/C42H66N6O21/c1-25-22-34(52)46(64)19-7-5-11-29(44-32(50)14-17-38(57)58)41(62)68-27(3)24-36(54)48(66)21-9-6-12-30(45-33(51)15-18-39(59)60)42(63)69-26(2)23-35(53)47(65)20-8-4-10-28(40(61)67-25)43-31(49)13-16-37(55)56/h25-30,64-66H,4-24H2,1-3H3,(H,43,49)(H,44,50)(H,45,51)(H,55,56)(H,57,58)(H,59,60)/t25-,26-,27-,28-,29-,30?/m1/s1. The number of hydroxylamine groups is 6. The minimum Gasteiger partial charge on any atom is -0.481 e. The highest BCUT2D eigenvalue weighted by molar-refractivity contribution is 5.88. The van der Waals surface area contributed by atoms with Crippen LogP contribution in [-0.2, 0) is 71.7 Å². The number of hydrogen-bond donors (Lipinski definition) is 9. The third kappa shape index (κ3) is 27.2. The topological polar surface area (TPSA) is 400 Å². The summed E-state index contributed by atoms with van der Waals surface area (Å²) in [5, 5.41) is 66.4.